The van der Waals surface area contributed by atoms with Crippen molar-refractivity contribution in [3.8, 4) is 22.3 Å². The van der Waals surface area contributed by atoms with Gasteiger partial charge < -0.3 is 0 Å². The van der Waals surface area contributed by atoms with Crippen molar-refractivity contribution in [3.63, 3.8) is 0 Å². The van der Waals surface area contributed by atoms with Crippen LogP contribution in [-0.2, 0) is 64.2 Å². The maximum atomic E-state index is 2.36. The second kappa shape index (κ2) is 39.6. The lowest BCUT2D eigenvalue weighted by Gasteiger charge is -2.11. The van der Waals surface area contributed by atoms with Gasteiger partial charge in [0.1, 0.15) is 0 Å². The van der Waals surface area contributed by atoms with E-state index in [1.165, 1.54) is 132 Å². The third-order valence-electron chi connectivity index (χ3n) is 16.3. The van der Waals surface area contributed by atoms with Crippen molar-refractivity contribution in [2.24, 2.45) is 0 Å². The lowest BCUT2D eigenvalue weighted by atomic mass is 9.94. The zero-order valence-electron chi connectivity index (χ0n) is 58.2. The first-order chi connectivity index (χ1) is 44.2. The first-order valence-corrected chi connectivity index (χ1v) is 34.6. The SMILES string of the molecule is CC.CC.CC.CC.CCc1cc(CC)cc(-c2ccc3ccccc3c2)c1.CCc1cc(CC)cc(-c2cccc3ccccc23)c1.CCc1cc(CC)cc(Cc2ccc3ccccc3c2)c1.CCc1cc(CC)cc(Cc2cccc3ccccc23)c1. The van der Waals surface area contributed by atoms with Gasteiger partial charge in [0.15, 0.2) is 0 Å². The molecule has 0 saturated heterocycles. The van der Waals surface area contributed by atoms with Crippen LogP contribution >= 0.6 is 0 Å². The molecule has 468 valence electrons. The van der Waals surface area contributed by atoms with Crippen LogP contribution in [0.25, 0.3) is 65.3 Å². The Balaban J connectivity index is 0.000000210. The van der Waals surface area contributed by atoms with Gasteiger partial charge in [-0.2, -0.15) is 0 Å². The largest absolute Gasteiger partial charge is 0.0683 e. The highest BCUT2D eigenvalue weighted by molar-refractivity contribution is 5.97. The summed E-state index contributed by atoms with van der Waals surface area (Å²) in [4.78, 5) is 0. The Kier molecular flexibility index (Phi) is 31.9. The first kappa shape index (κ1) is 72.4. The second-order valence-electron chi connectivity index (χ2n) is 22.0. The Morgan fingerprint density at radius 2 is 0.511 bits per heavy atom. The van der Waals surface area contributed by atoms with E-state index in [0.717, 1.165) is 64.2 Å². The Bertz CT molecular complexity index is 3920. The van der Waals surface area contributed by atoms with Crippen LogP contribution in [0.5, 0.6) is 0 Å². The molecule has 0 aromatic heterocycles. The number of hydrogen-bond acceptors (Lipinski definition) is 0. The van der Waals surface area contributed by atoms with Gasteiger partial charge in [-0.3, -0.25) is 0 Å². The van der Waals surface area contributed by atoms with Gasteiger partial charge in [-0.25, -0.2) is 0 Å². The highest BCUT2D eigenvalue weighted by atomic mass is 14.1. The van der Waals surface area contributed by atoms with Crippen molar-refractivity contribution in [2.45, 2.75) is 175 Å². The van der Waals surface area contributed by atoms with E-state index in [1.54, 1.807) is 0 Å². The fraction of sp³-hybridized carbons (Fsp3) is 0.289. The maximum Gasteiger partial charge on any atom is -0.00194 e. The molecule has 0 bridgehead atoms. The highest BCUT2D eigenvalue weighted by Crippen LogP contribution is 2.32. The molecule has 0 spiro atoms. The summed E-state index contributed by atoms with van der Waals surface area (Å²) >= 11 is 0. The van der Waals surface area contributed by atoms with Crippen LogP contribution in [0.2, 0.25) is 0 Å². The smallest absolute Gasteiger partial charge is 0.00194 e. The van der Waals surface area contributed by atoms with Crippen LogP contribution in [0.4, 0.5) is 0 Å². The number of hydrogen-bond donors (Lipinski definition) is 0. The predicted octanol–water partition coefficient (Wildman–Crippen LogP) is 26.5. The third kappa shape index (κ3) is 20.9. The summed E-state index contributed by atoms with van der Waals surface area (Å²) in [7, 11) is 0. The van der Waals surface area contributed by atoms with Crippen LogP contribution in [0.1, 0.15) is 178 Å². The number of rotatable bonds is 14. The van der Waals surface area contributed by atoms with Crippen LogP contribution in [0, 0.1) is 0 Å². The molecule has 0 unspecified atom stereocenters. The fourth-order valence-corrected chi connectivity index (χ4v) is 11.5. The quantitative estimate of drug-likeness (QED) is 0.102. The molecule has 0 N–H and O–H groups in total. The van der Waals surface area contributed by atoms with E-state index in [4.69, 9.17) is 0 Å². The van der Waals surface area contributed by atoms with Gasteiger partial charge in [0.2, 0.25) is 0 Å². The molecule has 12 aromatic rings. The van der Waals surface area contributed by atoms with Crippen molar-refractivity contribution >= 4 is 43.1 Å². The molecular weight excluding hydrogens is 1080 g/mol. The molecule has 0 radical (unpaired) electrons. The normalized spacial score (nSPS) is 10.2. The zero-order valence-corrected chi connectivity index (χ0v) is 58.2. The maximum absolute atomic E-state index is 2.36. The van der Waals surface area contributed by atoms with E-state index < -0.39 is 0 Å². The zero-order chi connectivity index (χ0) is 65.2. The van der Waals surface area contributed by atoms with E-state index >= 15 is 0 Å². The standard InChI is InChI=1S/2C21H22.2C20H20.4C2H6/c1-3-16-12-17(4-2)14-18(13-16)15-20-10-7-9-19-8-5-6-11-21(19)20;1-3-16-11-17(4-2)13-19(12-16)14-18-9-10-20-7-5-6-8-21(20)15-18;1-3-15-12-16(4-2)14-18(13-15)20-11-7-9-17-8-5-6-10-19(17)20;1-3-15-11-16(4-2)13-20(12-15)19-10-9-17-7-5-6-8-18(17)14-19;4*1-2/h5-14H,3-4,15H2,1-2H3;5-13,15H,3-4,14H2,1-2H3;2*5-14H,3-4H2,1-2H3;4*1-2H3. The number of aryl methyl sites for hydroxylation is 8. The topological polar surface area (TPSA) is 0 Å². The highest BCUT2D eigenvalue weighted by Gasteiger charge is 2.09. The minimum Gasteiger partial charge on any atom is -0.0683 e. The minimum atomic E-state index is 1.02. The van der Waals surface area contributed by atoms with E-state index in [1.807, 2.05) is 55.4 Å². The summed E-state index contributed by atoms with van der Waals surface area (Å²) in [6.07, 6.45) is 10.8. The lowest BCUT2D eigenvalue weighted by molar-refractivity contribution is 1.06. The van der Waals surface area contributed by atoms with Crippen molar-refractivity contribution in [2.75, 3.05) is 0 Å². The van der Waals surface area contributed by atoms with Gasteiger partial charge >= 0.3 is 0 Å². The third-order valence-corrected chi connectivity index (χ3v) is 16.3. The molecule has 0 aliphatic carbocycles. The Labute approximate surface area is 546 Å². The van der Waals surface area contributed by atoms with Crippen LogP contribution in [0.3, 0.4) is 0 Å². The first-order valence-electron chi connectivity index (χ1n) is 34.6. The number of benzene rings is 12. The summed E-state index contributed by atoms with van der Waals surface area (Å²) in [5.74, 6) is 0. The summed E-state index contributed by atoms with van der Waals surface area (Å²) in [6.45, 7) is 33.8. The van der Waals surface area contributed by atoms with Gasteiger partial charge in [-0.1, -0.05) is 347 Å². The van der Waals surface area contributed by atoms with Crippen molar-refractivity contribution in [1.82, 2.24) is 0 Å². The van der Waals surface area contributed by atoms with E-state index in [-0.39, 0.29) is 0 Å². The van der Waals surface area contributed by atoms with Crippen molar-refractivity contribution in [1.29, 1.82) is 0 Å². The van der Waals surface area contributed by atoms with Crippen LogP contribution in [0.15, 0.2) is 243 Å². The monoisotopic (exact) mass is 1190 g/mol. The fourth-order valence-electron chi connectivity index (χ4n) is 11.5. The summed E-state index contributed by atoms with van der Waals surface area (Å²) < 4.78 is 0. The summed E-state index contributed by atoms with van der Waals surface area (Å²) in [5, 5.41) is 10.6. The molecule has 0 nitrogen and oxygen atoms in total. The Morgan fingerprint density at radius 3 is 0.967 bits per heavy atom. The molecule has 12 rings (SSSR count). The van der Waals surface area contributed by atoms with Gasteiger partial charge in [0, 0.05) is 0 Å². The average molecular weight is 1190 g/mol. The summed E-state index contributed by atoms with van der Waals surface area (Å²) in [5.41, 5.74) is 22.5. The molecule has 90 heavy (non-hydrogen) atoms. The van der Waals surface area contributed by atoms with E-state index in [9.17, 15) is 0 Å². The summed E-state index contributed by atoms with van der Waals surface area (Å²) in [6, 6.07) is 89.2. The predicted molar refractivity (Wildman–Crippen MR) is 406 cm³/mol. The van der Waals surface area contributed by atoms with Gasteiger partial charge in [0.25, 0.3) is 0 Å². The molecule has 12 aromatic carbocycles. The Hall–Kier alpha value is -8.32. The average Bonchev–Trinajstić information content (AvgIpc) is 3.34. The molecule has 0 heterocycles. The van der Waals surface area contributed by atoms with Gasteiger partial charge in [-0.05, 0) is 202 Å². The Morgan fingerprint density at radius 1 is 0.189 bits per heavy atom. The molecule has 0 atom stereocenters. The molecule has 0 aliphatic rings. The van der Waals surface area contributed by atoms with E-state index in [0.29, 0.717) is 0 Å². The number of fused-ring (bicyclic) bond motifs is 4. The van der Waals surface area contributed by atoms with Crippen molar-refractivity contribution < 1.29 is 0 Å². The lowest BCUT2D eigenvalue weighted by Crippen LogP contribution is -1.94. The second-order valence-corrected chi connectivity index (χ2v) is 22.0. The van der Waals surface area contributed by atoms with E-state index in [2.05, 4.69) is 298 Å². The van der Waals surface area contributed by atoms with Gasteiger partial charge in [0.05, 0.1) is 0 Å². The van der Waals surface area contributed by atoms with Gasteiger partial charge in [-0.15, -0.1) is 0 Å². The van der Waals surface area contributed by atoms with Crippen LogP contribution < -0.4 is 0 Å². The molecule has 0 heteroatoms. The molecule has 0 aliphatic heterocycles. The minimum absolute atomic E-state index is 1.02. The van der Waals surface area contributed by atoms with Crippen molar-refractivity contribution in [3.05, 3.63) is 309 Å². The van der Waals surface area contributed by atoms with Crippen LogP contribution in [-0.4, -0.2) is 0 Å². The molecular formula is C90H108. The molecule has 0 amide bonds. The molecule has 0 fully saturated rings. The molecule has 0 saturated carbocycles.